The number of benzene rings is 2. The Labute approximate surface area is 158 Å². The molecule has 0 amide bonds. The summed E-state index contributed by atoms with van der Waals surface area (Å²) in [6.45, 7) is 3.06. The van der Waals surface area contributed by atoms with E-state index in [0.717, 1.165) is 55.0 Å². The molecule has 1 fully saturated rings. The molecule has 142 valence electrons. The van der Waals surface area contributed by atoms with Crippen LogP contribution in [0.1, 0.15) is 41.6 Å². The number of hydrogen-bond acceptors (Lipinski definition) is 4. The van der Waals surface area contributed by atoms with Crippen molar-refractivity contribution in [2.75, 3.05) is 26.3 Å². The van der Waals surface area contributed by atoms with E-state index in [1.807, 2.05) is 12.1 Å². The highest BCUT2D eigenvalue weighted by Crippen LogP contribution is 2.43. The Hall–Kier alpha value is -2.11. The molecule has 2 atom stereocenters. The Bertz CT molecular complexity index is 847. The van der Waals surface area contributed by atoms with E-state index in [0.29, 0.717) is 19.1 Å². The summed E-state index contributed by atoms with van der Waals surface area (Å²) < 4.78 is 25.1. The molecule has 0 unspecified atom stereocenters. The van der Waals surface area contributed by atoms with Crippen LogP contribution >= 0.6 is 0 Å². The van der Waals surface area contributed by atoms with Crippen molar-refractivity contribution in [3.63, 3.8) is 0 Å². The van der Waals surface area contributed by atoms with Gasteiger partial charge in [0, 0.05) is 11.6 Å². The Morgan fingerprint density at radius 2 is 1.81 bits per heavy atom. The van der Waals surface area contributed by atoms with Gasteiger partial charge in [-0.2, -0.15) is 0 Å². The van der Waals surface area contributed by atoms with E-state index in [1.54, 1.807) is 12.1 Å². The van der Waals surface area contributed by atoms with Gasteiger partial charge in [-0.05, 0) is 67.6 Å². The zero-order chi connectivity index (χ0) is 18.4. The van der Waals surface area contributed by atoms with Gasteiger partial charge in [0.05, 0.1) is 6.10 Å². The number of likely N-dealkylation sites (tertiary alicyclic amines) is 1. The minimum Gasteiger partial charge on any atom is -0.486 e. The first-order valence-corrected chi connectivity index (χ1v) is 9.79. The van der Waals surface area contributed by atoms with Crippen molar-refractivity contribution in [2.45, 2.75) is 37.3 Å². The molecule has 0 saturated carbocycles. The quantitative estimate of drug-likeness (QED) is 0.881. The van der Waals surface area contributed by atoms with Gasteiger partial charge >= 0.3 is 0 Å². The predicted molar refractivity (Wildman–Crippen MR) is 99.8 cm³/mol. The van der Waals surface area contributed by atoms with E-state index in [1.165, 1.54) is 11.6 Å². The van der Waals surface area contributed by atoms with Gasteiger partial charge in [-0.15, -0.1) is 0 Å². The molecular weight excluding hydrogens is 345 g/mol. The maximum atomic E-state index is 13.5. The van der Waals surface area contributed by atoms with Crippen molar-refractivity contribution in [1.29, 1.82) is 0 Å². The van der Waals surface area contributed by atoms with Crippen LogP contribution in [0.15, 0.2) is 36.4 Å². The molecule has 3 aliphatic rings. The van der Waals surface area contributed by atoms with Crippen LogP contribution in [0, 0.1) is 5.82 Å². The number of aliphatic hydroxyl groups excluding tert-OH is 1. The first kappa shape index (κ1) is 17.0. The molecule has 27 heavy (non-hydrogen) atoms. The van der Waals surface area contributed by atoms with Crippen molar-refractivity contribution in [2.24, 2.45) is 0 Å². The van der Waals surface area contributed by atoms with Gasteiger partial charge in [0.15, 0.2) is 11.5 Å². The van der Waals surface area contributed by atoms with E-state index < -0.39 is 6.10 Å². The van der Waals surface area contributed by atoms with Gasteiger partial charge in [0.1, 0.15) is 19.0 Å². The maximum Gasteiger partial charge on any atom is 0.164 e. The lowest BCUT2D eigenvalue weighted by atomic mass is 9.87. The number of nitrogens with zero attached hydrogens (tertiary/aromatic N) is 1. The van der Waals surface area contributed by atoms with Crippen LogP contribution in [0.3, 0.4) is 0 Å². The van der Waals surface area contributed by atoms with E-state index in [2.05, 4.69) is 11.0 Å². The Kier molecular flexibility index (Phi) is 4.29. The van der Waals surface area contributed by atoms with Gasteiger partial charge in [0.2, 0.25) is 0 Å². The zero-order valence-electron chi connectivity index (χ0n) is 15.2. The van der Waals surface area contributed by atoms with Crippen LogP contribution in [0.25, 0.3) is 0 Å². The maximum absolute atomic E-state index is 13.5. The van der Waals surface area contributed by atoms with Crippen molar-refractivity contribution < 1.29 is 19.0 Å². The summed E-state index contributed by atoms with van der Waals surface area (Å²) >= 11 is 0. The summed E-state index contributed by atoms with van der Waals surface area (Å²) in [5.41, 5.74) is 3.06. The highest BCUT2D eigenvalue weighted by molar-refractivity contribution is 5.49. The first-order valence-electron chi connectivity index (χ1n) is 9.79. The normalized spacial score (nSPS) is 25.4. The topological polar surface area (TPSA) is 41.9 Å². The lowest BCUT2D eigenvalue weighted by Crippen LogP contribution is -2.43. The predicted octanol–water partition coefficient (Wildman–Crippen LogP) is 3.43. The third-order valence-electron chi connectivity index (χ3n) is 6.25. The summed E-state index contributed by atoms with van der Waals surface area (Å²) in [4.78, 5) is 2.37. The Balaban J connectivity index is 1.29. The molecule has 5 rings (SSSR count). The average molecular weight is 369 g/mol. The molecule has 2 heterocycles. The second-order valence-electron chi connectivity index (χ2n) is 7.74. The monoisotopic (exact) mass is 369 g/mol. The SMILES string of the molecule is O[C@H]1c2ccc(F)cc2C[C@H]1N1CCC(c2cccc3c2OCCO3)CC1. The molecule has 0 radical (unpaired) electrons. The fourth-order valence-electron chi connectivity index (χ4n) is 4.87. The molecular formula is C22H24FNO3. The lowest BCUT2D eigenvalue weighted by molar-refractivity contribution is 0.0454. The van der Waals surface area contributed by atoms with Gasteiger partial charge < -0.3 is 14.6 Å². The largest absolute Gasteiger partial charge is 0.486 e. The van der Waals surface area contributed by atoms with E-state index in [9.17, 15) is 9.50 Å². The van der Waals surface area contributed by atoms with Crippen LogP contribution in [0.4, 0.5) is 4.39 Å². The molecule has 1 aliphatic carbocycles. The van der Waals surface area contributed by atoms with E-state index in [-0.39, 0.29) is 11.9 Å². The van der Waals surface area contributed by atoms with E-state index in [4.69, 9.17) is 9.47 Å². The molecule has 4 nitrogen and oxygen atoms in total. The van der Waals surface area contributed by atoms with Crippen LogP contribution in [-0.4, -0.2) is 42.4 Å². The number of para-hydroxylation sites is 1. The summed E-state index contributed by atoms with van der Waals surface area (Å²) in [6, 6.07) is 11.0. The lowest BCUT2D eigenvalue weighted by Gasteiger charge is -2.38. The molecule has 0 aromatic heterocycles. The van der Waals surface area contributed by atoms with Gasteiger partial charge in [-0.1, -0.05) is 18.2 Å². The first-order chi connectivity index (χ1) is 13.2. The van der Waals surface area contributed by atoms with Crippen molar-refractivity contribution >= 4 is 0 Å². The second kappa shape index (κ2) is 6.80. The third-order valence-corrected chi connectivity index (χ3v) is 6.25. The zero-order valence-corrected chi connectivity index (χ0v) is 15.2. The molecule has 1 saturated heterocycles. The highest BCUT2D eigenvalue weighted by atomic mass is 19.1. The fourth-order valence-corrected chi connectivity index (χ4v) is 4.87. The number of piperidine rings is 1. The Morgan fingerprint density at radius 3 is 2.67 bits per heavy atom. The van der Waals surface area contributed by atoms with Gasteiger partial charge in [-0.25, -0.2) is 4.39 Å². The fraction of sp³-hybridized carbons (Fsp3) is 0.455. The number of aliphatic hydroxyl groups is 1. The molecule has 1 N–H and O–H groups in total. The number of rotatable bonds is 2. The summed E-state index contributed by atoms with van der Waals surface area (Å²) in [7, 11) is 0. The van der Waals surface area contributed by atoms with E-state index >= 15 is 0 Å². The molecule has 0 bridgehead atoms. The molecule has 2 aromatic rings. The second-order valence-corrected chi connectivity index (χ2v) is 7.74. The van der Waals surface area contributed by atoms with Crippen molar-refractivity contribution in [3.05, 3.63) is 58.9 Å². The van der Waals surface area contributed by atoms with Crippen LogP contribution < -0.4 is 9.47 Å². The van der Waals surface area contributed by atoms with Crippen molar-refractivity contribution in [3.8, 4) is 11.5 Å². The van der Waals surface area contributed by atoms with Crippen LogP contribution in [0.2, 0.25) is 0 Å². The number of hydrogen-bond donors (Lipinski definition) is 1. The van der Waals surface area contributed by atoms with Crippen molar-refractivity contribution in [1.82, 2.24) is 4.90 Å². The number of halogens is 1. The smallest absolute Gasteiger partial charge is 0.164 e. The number of ether oxygens (including phenoxy) is 2. The number of fused-ring (bicyclic) bond motifs is 2. The molecule has 2 aromatic carbocycles. The summed E-state index contributed by atoms with van der Waals surface area (Å²) in [6.07, 6.45) is 2.23. The summed E-state index contributed by atoms with van der Waals surface area (Å²) in [5.74, 6) is 1.98. The van der Waals surface area contributed by atoms with Gasteiger partial charge in [0.25, 0.3) is 0 Å². The highest BCUT2D eigenvalue weighted by Gasteiger charge is 2.37. The van der Waals surface area contributed by atoms with Gasteiger partial charge in [-0.3, -0.25) is 4.90 Å². The standard InChI is InChI=1S/C22H24FNO3/c23-16-4-5-17-15(12-16)13-19(21(17)25)24-8-6-14(7-9-24)18-2-1-3-20-22(18)27-11-10-26-20/h1-5,12,14,19,21,25H,6-11,13H2/t19-,21+/m1/s1. The average Bonchev–Trinajstić information content (AvgIpc) is 3.03. The van der Waals surface area contributed by atoms with Crippen LogP contribution in [0.5, 0.6) is 11.5 Å². The molecule has 5 heteroatoms. The minimum atomic E-state index is -0.529. The molecule has 0 spiro atoms. The third kappa shape index (κ3) is 2.99. The Morgan fingerprint density at radius 1 is 1.00 bits per heavy atom. The van der Waals surface area contributed by atoms with Crippen LogP contribution in [-0.2, 0) is 6.42 Å². The molecule has 2 aliphatic heterocycles. The summed E-state index contributed by atoms with van der Waals surface area (Å²) in [5, 5.41) is 10.7. The minimum absolute atomic E-state index is 0.0482.